The molecule has 35 heavy (non-hydrogen) atoms. The number of aromatic amines is 1. The minimum atomic E-state index is 0.00364. The number of para-hydroxylation sites is 1. The highest BCUT2D eigenvalue weighted by atomic mass is 16.1. The fourth-order valence-electron chi connectivity index (χ4n) is 5.15. The van der Waals surface area contributed by atoms with Crippen molar-refractivity contribution in [3.63, 3.8) is 0 Å². The molecule has 0 saturated carbocycles. The molecule has 5 rings (SSSR count). The Bertz CT molecular complexity index is 1170. The minimum Gasteiger partial charge on any atom is -0.360 e. The number of benzene rings is 3. The summed E-state index contributed by atoms with van der Waals surface area (Å²) in [6, 6.07) is 29.9. The van der Waals surface area contributed by atoms with Crippen LogP contribution in [0.3, 0.4) is 0 Å². The van der Waals surface area contributed by atoms with Crippen LogP contribution in [0.4, 0.5) is 0 Å². The first-order valence-electron chi connectivity index (χ1n) is 12.7. The Kier molecular flexibility index (Phi) is 7.56. The van der Waals surface area contributed by atoms with E-state index in [-0.39, 0.29) is 5.91 Å². The lowest BCUT2D eigenvalue weighted by Gasteiger charge is -2.39. The largest absolute Gasteiger partial charge is 0.360 e. The van der Waals surface area contributed by atoms with Crippen LogP contribution < -0.4 is 5.32 Å². The van der Waals surface area contributed by atoms with Crippen LogP contribution in [0.15, 0.2) is 91.1 Å². The van der Waals surface area contributed by atoms with E-state index in [4.69, 9.17) is 0 Å². The smallest absolute Gasteiger partial charge is 0.253 e. The van der Waals surface area contributed by atoms with Crippen molar-refractivity contribution in [2.45, 2.75) is 18.9 Å². The van der Waals surface area contributed by atoms with Gasteiger partial charge in [-0.15, -0.1) is 0 Å². The average molecular weight is 467 g/mol. The Balaban J connectivity index is 1.07. The lowest BCUT2D eigenvalue weighted by molar-refractivity contribution is 0.0951. The second-order valence-electron chi connectivity index (χ2n) is 9.31. The van der Waals surface area contributed by atoms with Gasteiger partial charge < -0.3 is 15.2 Å². The molecule has 1 amide bonds. The molecule has 0 radical (unpaired) electrons. The zero-order valence-corrected chi connectivity index (χ0v) is 20.2. The quantitative estimate of drug-likeness (QED) is 0.338. The molecule has 1 aromatic heterocycles. The van der Waals surface area contributed by atoms with Gasteiger partial charge in [0.05, 0.1) is 11.6 Å². The van der Waals surface area contributed by atoms with Crippen molar-refractivity contribution in [2.24, 2.45) is 0 Å². The molecular weight excluding hydrogens is 432 g/mol. The maximum Gasteiger partial charge on any atom is 0.253 e. The molecule has 1 aliphatic rings. The van der Waals surface area contributed by atoms with Crippen LogP contribution in [0, 0.1) is 0 Å². The van der Waals surface area contributed by atoms with Crippen molar-refractivity contribution in [3.8, 4) is 0 Å². The summed E-state index contributed by atoms with van der Waals surface area (Å²) in [6.45, 7) is 6.08. The Morgan fingerprint density at radius 1 is 0.800 bits per heavy atom. The van der Waals surface area contributed by atoms with Gasteiger partial charge in [0, 0.05) is 49.8 Å². The van der Waals surface area contributed by atoms with E-state index in [9.17, 15) is 4.79 Å². The standard InChI is InChI=1S/C30H34N4O/c35-30(27-23-32-28-16-8-7-15-26(27)28)31-17-9-10-18-33-19-21-34(22-20-33)29(24-11-3-1-4-12-24)25-13-5-2-6-14-25/h1-8,11-16,23,29,32H,9-10,17-22H2,(H,31,35). The SMILES string of the molecule is O=C(NCCCCN1CCN(C(c2ccccc2)c2ccccc2)CC1)c1c[nH]c2ccccc12. The molecule has 3 aromatic carbocycles. The van der Waals surface area contributed by atoms with Gasteiger partial charge in [-0.3, -0.25) is 9.69 Å². The number of H-pyrrole nitrogens is 1. The lowest BCUT2D eigenvalue weighted by Crippen LogP contribution is -2.48. The Morgan fingerprint density at radius 3 is 2.11 bits per heavy atom. The first kappa shape index (κ1) is 23.3. The zero-order chi connectivity index (χ0) is 23.9. The molecule has 5 heteroatoms. The van der Waals surface area contributed by atoms with Crippen LogP contribution in [0.25, 0.3) is 10.9 Å². The predicted octanol–water partition coefficient (Wildman–Crippen LogP) is 5.09. The van der Waals surface area contributed by atoms with Crippen molar-refractivity contribution >= 4 is 16.8 Å². The maximum atomic E-state index is 12.6. The summed E-state index contributed by atoms with van der Waals surface area (Å²) in [5.74, 6) is 0.00364. The molecule has 0 aliphatic carbocycles. The van der Waals surface area contributed by atoms with Gasteiger partial charge >= 0.3 is 0 Å². The van der Waals surface area contributed by atoms with Crippen LogP contribution >= 0.6 is 0 Å². The molecule has 1 aliphatic heterocycles. The van der Waals surface area contributed by atoms with Crippen LogP contribution in [0.2, 0.25) is 0 Å². The second-order valence-corrected chi connectivity index (χ2v) is 9.31. The van der Waals surface area contributed by atoms with Crippen molar-refractivity contribution in [2.75, 3.05) is 39.3 Å². The van der Waals surface area contributed by atoms with E-state index in [0.717, 1.165) is 62.0 Å². The summed E-state index contributed by atoms with van der Waals surface area (Å²) in [5.41, 5.74) is 4.44. The van der Waals surface area contributed by atoms with E-state index < -0.39 is 0 Å². The molecule has 2 N–H and O–H groups in total. The normalized spacial score (nSPS) is 15.0. The monoisotopic (exact) mass is 466 g/mol. The predicted molar refractivity (Wildman–Crippen MR) is 143 cm³/mol. The third kappa shape index (κ3) is 5.64. The van der Waals surface area contributed by atoms with Crippen molar-refractivity contribution in [1.29, 1.82) is 0 Å². The van der Waals surface area contributed by atoms with E-state index in [1.807, 2.05) is 24.3 Å². The highest BCUT2D eigenvalue weighted by Crippen LogP contribution is 2.29. The van der Waals surface area contributed by atoms with Gasteiger partial charge in [0.2, 0.25) is 0 Å². The topological polar surface area (TPSA) is 51.4 Å². The molecule has 180 valence electrons. The lowest BCUT2D eigenvalue weighted by atomic mass is 9.96. The Hall–Kier alpha value is -3.41. The zero-order valence-electron chi connectivity index (χ0n) is 20.2. The number of fused-ring (bicyclic) bond motifs is 1. The van der Waals surface area contributed by atoms with Crippen LogP contribution in [0.5, 0.6) is 0 Å². The molecule has 0 bridgehead atoms. The highest BCUT2D eigenvalue weighted by Gasteiger charge is 2.26. The molecule has 0 atom stereocenters. The number of carbonyl (C=O) groups is 1. The number of rotatable bonds is 9. The summed E-state index contributed by atoms with van der Waals surface area (Å²) in [5, 5.41) is 4.07. The van der Waals surface area contributed by atoms with Gasteiger partial charge in [-0.25, -0.2) is 0 Å². The van der Waals surface area contributed by atoms with Gasteiger partial charge in [-0.1, -0.05) is 78.9 Å². The Morgan fingerprint density at radius 2 is 1.43 bits per heavy atom. The van der Waals surface area contributed by atoms with Crippen LogP contribution in [-0.2, 0) is 0 Å². The van der Waals surface area contributed by atoms with Crippen molar-refractivity contribution in [3.05, 3.63) is 108 Å². The second kappa shape index (κ2) is 11.3. The summed E-state index contributed by atoms with van der Waals surface area (Å²) in [4.78, 5) is 20.9. The number of hydrogen-bond donors (Lipinski definition) is 2. The van der Waals surface area contributed by atoms with E-state index in [0.29, 0.717) is 12.6 Å². The third-order valence-electron chi connectivity index (χ3n) is 7.02. The summed E-state index contributed by atoms with van der Waals surface area (Å²) in [7, 11) is 0. The number of nitrogens with one attached hydrogen (secondary N) is 2. The molecule has 1 saturated heterocycles. The fourth-order valence-corrected chi connectivity index (χ4v) is 5.15. The number of piperazine rings is 1. The van der Waals surface area contributed by atoms with Crippen molar-refractivity contribution < 1.29 is 4.79 Å². The van der Waals surface area contributed by atoms with E-state index in [2.05, 4.69) is 80.8 Å². The summed E-state index contributed by atoms with van der Waals surface area (Å²) >= 11 is 0. The number of carbonyl (C=O) groups excluding carboxylic acids is 1. The highest BCUT2D eigenvalue weighted by molar-refractivity contribution is 6.06. The molecule has 0 spiro atoms. The Labute approximate surface area is 207 Å². The van der Waals surface area contributed by atoms with E-state index >= 15 is 0 Å². The van der Waals surface area contributed by atoms with Gasteiger partial charge in [-0.05, 0) is 36.6 Å². The van der Waals surface area contributed by atoms with Crippen molar-refractivity contribution in [1.82, 2.24) is 20.1 Å². The first-order chi connectivity index (χ1) is 17.3. The van der Waals surface area contributed by atoms with Crippen LogP contribution in [-0.4, -0.2) is 60.0 Å². The van der Waals surface area contributed by atoms with Gasteiger partial charge in [0.1, 0.15) is 0 Å². The molecule has 5 nitrogen and oxygen atoms in total. The summed E-state index contributed by atoms with van der Waals surface area (Å²) in [6.07, 6.45) is 3.89. The van der Waals surface area contributed by atoms with E-state index in [1.54, 1.807) is 6.20 Å². The first-order valence-corrected chi connectivity index (χ1v) is 12.7. The number of hydrogen-bond acceptors (Lipinski definition) is 3. The number of aromatic nitrogens is 1. The minimum absolute atomic E-state index is 0.00364. The number of amides is 1. The van der Waals surface area contributed by atoms with Gasteiger partial charge in [0.15, 0.2) is 0 Å². The average Bonchev–Trinajstić information content (AvgIpc) is 3.35. The van der Waals surface area contributed by atoms with Crippen LogP contribution in [0.1, 0.15) is 40.4 Å². The van der Waals surface area contributed by atoms with Gasteiger partial charge in [0.25, 0.3) is 5.91 Å². The molecule has 2 heterocycles. The fraction of sp³-hybridized carbons (Fsp3) is 0.300. The molecular formula is C30H34N4O. The summed E-state index contributed by atoms with van der Waals surface area (Å²) < 4.78 is 0. The van der Waals surface area contributed by atoms with Gasteiger partial charge in [-0.2, -0.15) is 0 Å². The molecule has 0 unspecified atom stereocenters. The number of nitrogens with zero attached hydrogens (tertiary/aromatic N) is 2. The van der Waals surface area contributed by atoms with E-state index in [1.165, 1.54) is 11.1 Å². The third-order valence-corrected chi connectivity index (χ3v) is 7.02. The molecule has 1 fully saturated rings. The number of unbranched alkanes of at least 4 members (excludes halogenated alkanes) is 1. The maximum absolute atomic E-state index is 12.6. The molecule has 4 aromatic rings.